The summed E-state index contributed by atoms with van der Waals surface area (Å²) in [4.78, 5) is 2.10. The van der Waals surface area contributed by atoms with E-state index in [0.717, 1.165) is 18.7 Å². The number of rotatable bonds is 6. The van der Waals surface area contributed by atoms with Gasteiger partial charge in [0, 0.05) is 29.9 Å². The van der Waals surface area contributed by atoms with Crippen molar-refractivity contribution in [2.45, 2.75) is 26.2 Å². The summed E-state index contributed by atoms with van der Waals surface area (Å²) in [6.45, 7) is 3.10. The van der Waals surface area contributed by atoms with Crippen molar-refractivity contribution in [3.8, 4) is 0 Å². The van der Waals surface area contributed by atoms with Gasteiger partial charge in [-0.3, -0.25) is 0 Å². The van der Waals surface area contributed by atoms with Crippen LogP contribution in [0.1, 0.15) is 31.7 Å². The number of halogens is 1. The molecule has 0 atom stereocenters. The van der Waals surface area contributed by atoms with Crippen molar-refractivity contribution >= 4 is 23.1 Å². The van der Waals surface area contributed by atoms with Crippen LogP contribution in [0.5, 0.6) is 0 Å². The number of nitrogens with two attached hydrogens (primary N) is 1. The van der Waals surface area contributed by atoms with Crippen molar-refractivity contribution in [3.63, 3.8) is 0 Å². The highest BCUT2D eigenvalue weighted by Crippen LogP contribution is 2.23. The Balaban J connectivity index is 2.93. The molecule has 0 unspecified atom stereocenters. The van der Waals surface area contributed by atoms with Gasteiger partial charge < -0.3 is 15.8 Å². The van der Waals surface area contributed by atoms with Crippen LogP contribution in [0.15, 0.2) is 23.4 Å². The molecule has 0 radical (unpaired) electrons. The Labute approximate surface area is 113 Å². The van der Waals surface area contributed by atoms with E-state index in [-0.39, 0.29) is 5.84 Å². The van der Waals surface area contributed by atoms with E-state index in [0.29, 0.717) is 10.6 Å². The molecule has 0 fully saturated rings. The van der Waals surface area contributed by atoms with Crippen LogP contribution in [0.2, 0.25) is 5.02 Å². The highest BCUT2D eigenvalue weighted by molar-refractivity contribution is 6.31. The molecule has 5 heteroatoms. The standard InChI is InChI=1S/C13H20ClN3O/c1-3-4-5-8-17(2)12-7-6-10(14)9-11(12)13(15)16-18/h6-7,9,18H,3-5,8H2,1-2H3,(H2,15,16). The summed E-state index contributed by atoms with van der Waals surface area (Å²) in [6, 6.07) is 5.41. The van der Waals surface area contributed by atoms with Gasteiger partial charge in [0.25, 0.3) is 0 Å². The molecule has 0 amide bonds. The molecule has 0 aromatic heterocycles. The molecule has 3 N–H and O–H groups in total. The normalized spacial score (nSPS) is 11.6. The van der Waals surface area contributed by atoms with Gasteiger partial charge in [0.1, 0.15) is 0 Å². The second-order valence-electron chi connectivity index (χ2n) is 4.28. The number of unbranched alkanes of at least 4 members (excludes halogenated alkanes) is 2. The van der Waals surface area contributed by atoms with Gasteiger partial charge in [-0.25, -0.2) is 0 Å². The van der Waals surface area contributed by atoms with Crippen molar-refractivity contribution < 1.29 is 5.21 Å². The molecular weight excluding hydrogens is 250 g/mol. The number of oxime groups is 1. The quantitative estimate of drug-likeness (QED) is 0.274. The van der Waals surface area contributed by atoms with Gasteiger partial charge in [-0.2, -0.15) is 0 Å². The summed E-state index contributed by atoms with van der Waals surface area (Å²) in [6.07, 6.45) is 3.49. The van der Waals surface area contributed by atoms with Gasteiger partial charge in [-0.05, 0) is 24.6 Å². The first-order valence-electron chi connectivity index (χ1n) is 6.08. The molecular formula is C13H20ClN3O. The van der Waals surface area contributed by atoms with Crippen molar-refractivity contribution in [3.05, 3.63) is 28.8 Å². The highest BCUT2D eigenvalue weighted by Gasteiger charge is 2.11. The lowest BCUT2D eigenvalue weighted by molar-refractivity contribution is 0.318. The molecule has 0 aliphatic rings. The van der Waals surface area contributed by atoms with Crippen LogP contribution < -0.4 is 10.6 Å². The molecule has 0 heterocycles. The molecule has 0 bridgehead atoms. The smallest absolute Gasteiger partial charge is 0.172 e. The number of anilines is 1. The van der Waals surface area contributed by atoms with E-state index in [4.69, 9.17) is 22.5 Å². The van der Waals surface area contributed by atoms with Crippen LogP contribution in [0, 0.1) is 0 Å². The summed E-state index contributed by atoms with van der Waals surface area (Å²) >= 11 is 5.94. The fourth-order valence-electron chi connectivity index (χ4n) is 1.82. The maximum absolute atomic E-state index is 8.80. The Morgan fingerprint density at radius 3 is 2.78 bits per heavy atom. The Morgan fingerprint density at radius 2 is 2.17 bits per heavy atom. The van der Waals surface area contributed by atoms with Gasteiger partial charge >= 0.3 is 0 Å². The van der Waals surface area contributed by atoms with Crippen molar-refractivity contribution in [1.29, 1.82) is 0 Å². The molecule has 0 saturated carbocycles. The zero-order valence-corrected chi connectivity index (χ0v) is 11.6. The lowest BCUT2D eigenvalue weighted by Gasteiger charge is -2.22. The number of hydrogen-bond donors (Lipinski definition) is 2. The molecule has 4 nitrogen and oxygen atoms in total. The van der Waals surface area contributed by atoms with E-state index < -0.39 is 0 Å². The predicted molar refractivity (Wildman–Crippen MR) is 76.8 cm³/mol. The van der Waals surface area contributed by atoms with Crippen LogP contribution in [0.25, 0.3) is 0 Å². The number of amidine groups is 1. The SMILES string of the molecule is CCCCCN(C)c1ccc(Cl)cc1C(N)=NO. The molecule has 0 spiro atoms. The van der Waals surface area contributed by atoms with Crippen LogP contribution in [0.4, 0.5) is 5.69 Å². The first-order chi connectivity index (χ1) is 8.60. The molecule has 1 aromatic rings. The van der Waals surface area contributed by atoms with Gasteiger partial charge in [0.15, 0.2) is 5.84 Å². The van der Waals surface area contributed by atoms with Crippen molar-refractivity contribution in [1.82, 2.24) is 0 Å². The first-order valence-corrected chi connectivity index (χ1v) is 6.46. The van der Waals surface area contributed by atoms with Gasteiger partial charge in [-0.15, -0.1) is 0 Å². The Kier molecular flexibility index (Phi) is 5.78. The molecule has 100 valence electrons. The third-order valence-corrected chi connectivity index (χ3v) is 3.09. The predicted octanol–water partition coefficient (Wildman–Crippen LogP) is 3.06. The topological polar surface area (TPSA) is 61.8 Å². The van der Waals surface area contributed by atoms with E-state index in [1.54, 1.807) is 12.1 Å². The third kappa shape index (κ3) is 3.81. The van der Waals surface area contributed by atoms with Crippen LogP contribution in [0.3, 0.4) is 0 Å². The minimum Gasteiger partial charge on any atom is -0.409 e. The summed E-state index contributed by atoms with van der Waals surface area (Å²) in [7, 11) is 1.99. The fraction of sp³-hybridized carbons (Fsp3) is 0.462. The summed E-state index contributed by atoms with van der Waals surface area (Å²) in [5.41, 5.74) is 7.25. The molecule has 0 aliphatic carbocycles. The summed E-state index contributed by atoms with van der Waals surface area (Å²) < 4.78 is 0. The lowest BCUT2D eigenvalue weighted by Crippen LogP contribution is -2.23. The maximum Gasteiger partial charge on any atom is 0.172 e. The molecule has 0 aliphatic heterocycles. The Morgan fingerprint density at radius 1 is 1.44 bits per heavy atom. The van der Waals surface area contributed by atoms with Crippen molar-refractivity contribution in [2.75, 3.05) is 18.5 Å². The maximum atomic E-state index is 8.80. The van der Waals surface area contributed by atoms with E-state index >= 15 is 0 Å². The van der Waals surface area contributed by atoms with E-state index in [1.807, 2.05) is 13.1 Å². The molecule has 0 saturated heterocycles. The fourth-order valence-corrected chi connectivity index (χ4v) is 1.99. The average Bonchev–Trinajstić information content (AvgIpc) is 2.37. The third-order valence-electron chi connectivity index (χ3n) is 2.85. The summed E-state index contributed by atoms with van der Waals surface area (Å²) in [5.74, 6) is 0.0786. The lowest BCUT2D eigenvalue weighted by atomic mass is 10.1. The molecule has 1 aromatic carbocycles. The molecule has 1 rings (SSSR count). The summed E-state index contributed by atoms with van der Waals surface area (Å²) in [5, 5.41) is 12.4. The number of nitrogens with zero attached hydrogens (tertiary/aromatic N) is 2. The van der Waals surface area contributed by atoms with Crippen molar-refractivity contribution in [2.24, 2.45) is 10.9 Å². The second-order valence-corrected chi connectivity index (χ2v) is 4.71. The highest BCUT2D eigenvalue weighted by atomic mass is 35.5. The van der Waals surface area contributed by atoms with Gasteiger partial charge in [0.2, 0.25) is 0 Å². The van der Waals surface area contributed by atoms with Crippen LogP contribution in [-0.2, 0) is 0 Å². The zero-order chi connectivity index (χ0) is 13.5. The Bertz CT molecular complexity index is 421. The minimum atomic E-state index is 0.0786. The van der Waals surface area contributed by atoms with E-state index in [9.17, 15) is 0 Å². The van der Waals surface area contributed by atoms with Crippen LogP contribution >= 0.6 is 11.6 Å². The number of benzene rings is 1. The minimum absolute atomic E-state index is 0.0786. The first kappa shape index (κ1) is 14.6. The zero-order valence-electron chi connectivity index (χ0n) is 10.9. The van der Waals surface area contributed by atoms with Gasteiger partial charge in [0.05, 0.1) is 0 Å². The number of hydrogen-bond acceptors (Lipinski definition) is 3. The Hall–Kier alpha value is -1.42. The van der Waals surface area contributed by atoms with E-state index in [2.05, 4.69) is 17.0 Å². The van der Waals surface area contributed by atoms with Crippen LogP contribution in [-0.4, -0.2) is 24.6 Å². The van der Waals surface area contributed by atoms with E-state index in [1.165, 1.54) is 12.8 Å². The monoisotopic (exact) mass is 269 g/mol. The average molecular weight is 270 g/mol. The largest absolute Gasteiger partial charge is 0.409 e. The molecule has 18 heavy (non-hydrogen) atoms. The van der Waals surface area contributed by atoms with Gasteiger partial charge in [-0.1, -0.05) is 36.5 Å². The second kappa shape index (κ2) is 7.11.